The Kier molecular flexibility index (Phi) is 4.35. The van der Waals surface area contributed by atoms with E-state index in [1.54, 1.807) is 18.5 Å². The van der Waals surface area contributed by atoms with Gasteiger partial charge in [-0.05, 0) is 26.0 Å². The second-order valence-electron chi connectivity index (χ2n) is 4.93. The van der Waals surface area contributed by atoms with Gasteiger partial charge in [0, 0.05) is 17.3 Å². The molecule has 0 radical (unpaired) electrons. The molecule has 0 bridgehead atoms. The molecule has 23 heavy (non-hydrogen) atoms. The van der Waals surface area contributed by atoms with Crippen LogP contribution >= 0.6 is 22.7 Å². The molecule has 1 N–H and O–H groups in total. The van der Waals surface area contributed by atoms with Crippen LogP contribution < -0.4 is 10.2 Å². The van der Waals surface area contributed by atoms with Crippen LogP contribution in [0.3, 0.4) is 0 Å². The summed E-state index contributed by atoms with van der Waals surface area (Å²) in [5, 5.41) is 5.00. The third-order valence-electron chi connectivity index (χ3n) is 3.22. The van der Waals surface area contributed by atoms with E-state index in [0.29, 0.717) is 5.13 Å². The van der Waals surface area contributed by atoms with E-state index in [-0.39, 0.29) is 17.3 Å². The molecule has 0 saturated carbocycles. The number of hydrogen-bond acceptors (Lipinski definition) is 6. The zero-order valence-electron chi connectivity index (χ0n) is 12.6. The van der Waals surface area contributed by atoms with Crippen molar-refractivity contribution in [2.75, 3.05) is 5.32 Å². The zero-order chi connectivity index (χ0) is 16.4. The van der Waals surface area contributed by atoms with Gasteiger partial charge in [-0.15, -0.1) is 0 Å². The van der Waals surface area contributed by atoms with Crippen molar-refractivity contribution >= 4 is 33.7 Å². The summed E-state index contributed by atoms with van der Waals surface area (Å²) in [5.74, 6) is -0.269. The Morgan fingerprint density at radius 2 is 2.17 bits per heavy atom. The molecule has 0 aliphatic rings. The molecule has 3 rings (SSSR count). The Balaban J connectivity index is 1.76. The van der Waals surface area contributed by atoms with E-state index >= 15 is 0 Å². The molecule has 0 aromatic carbocycles. The molecule has 8 heteroatoms. The second-order valence-corrected chi connectivity index (χ2v) is 6.75. The number of pyridine rings is 1. The minimum Gasteiger partial charge on any atom is -0.300 e. The number of hydrogen-bond donors (Lipinski definition) is 1. The maximum absolute atomic E-state index is 12.1. The number of nitrogens with one attached hydrogen (secondary N) is 1. The van der Waals surface area contributed by atoms with Gasteiger partial charge in [0.25, 0.3) is 0 Å². The number of aryl methyl sites for hydroxylation is 2. The fourth-order valence-electron chi connectivity index (χ4n) is 2.08. The van der Waals surface area contributed by atoms with Gasteiger partial charge in [0.15, 0.2) is 5.13 Å². The summed E-state index contributed by atoms with van der Waals surface area (Å²) in [4.78, 5) is 33.2. The first-order valence-electron chi connectivity index (χ1n) is 6.88. The molecular formula is C15H14N4O2S2. The smallest absolute Gasteiger partial charge is 0.300 e. The van der Waals surface area contributed by atoms with Crippen LogP contribution in [0.4, 0.5) is 5.13 Å². The summed E-state index contributed by atoms with van der Waals surface area (Å²) in [6.07, 6.45) is 1.72. The van der Waals surface area contributed by atoms with Crippen molar-refractivity contribution in [2.24, 2.45) is 0 Å². The molecule has 1 amide bonds. The van der Waals surface area contributed by atoms with Crippen molar-refractivity contribution in [3.63, 3.8) is 0 Å². The van der Waals surface area contributed by atoms with Gasteiger partial charge < -0.3 is 5.32 Å². The Labute approximate surface area is 140 Å². The topological polar surface area (TPSA) is 76.9 Å². The minimum absolute atomic E-state index is 0.00822. The van der Waals surface area contributed by atoms with Gasteiger partial charge in [-0.25, -0.2) is 4.98 Å². The van der Waals surface area contributed by atoms with Crippen LogP contribution in [0.2, 0.25) is 0 Å². The molecular weight excluding hydrogens is 332 g/mol. The normalized spacial score (nSPS) is 10.7. The van der Waals surface area contributed by atoms with Gasteiger partial charge in [-0.3, -0.25) is 19.1 Å². The molecule has 0 fully saturated rings. The highest BCUT2D eigenvalue weighted by molar-refractivity contribution is 7.19. The van der Waals surface area contributed by atoms with Crippen molar-refractivity contribution in [1.29, 1.82) is 0 Å². The van der Waals surface area contributed by atoms with Gasteiger partial charge in [0.05, 0.1) is 16.3 Å². The van der Waals surface area contributed by atoms with Gasteiger partial charge in [-0.1, -0.05) is 28.7 Å². The van der Waals surface area contributed by atoms with E-state index in [1.165, 1.54) is 15.9 Å². The van der Waals surface area contributed by atoms with Gasteiger partial charge in [-0.2, -0.15) is 0 Å². The van der Waals surface area contributed by atoms with Crippen molar-refractivity contribution in [2.45, 2.75) is 20.4 Å². The van der Waals surface area contributed by atoms with E-state index in [1.807, 2.05) is 25.1 Å². The predicted molar refractivity (Wildman–Crippen MR) is 92.0 cm³/mol. The van der Waals surface area contributed by atoms with Gasteiger partial charge >= 0.3 is 4.87 Å². The van der Waals surface area contributed by atoms with E-state index in [0.717, 1.165) is 33.3 Å². The number of carbonyl (C=O) groups excluding carboxylic acids is 1. The fraction of sp³-hybridized carbons (Fsp3) is 0.200. The molecule has 6 nitrogen and oxygen atoms in total. The number of aromatic nitrogens is 3. The summed E-state index contributed by atoms with van der Waals surface area (Å²) in [7, 11) is 0. The lowest BCUT2D eigenvalue weighted by atomic mass is 10.3. The van der Waals surface area contributed by atoms with Crippen LogP contribution in [0.15, 0.2) is 34.6 Å². The summed E-state index contributed by atoms with van der Waals surface area (Å²) in [6.45, 7) is 3.67. The largest absolute Gasteiger partial charge is 0.307 e. The molecule has 3 heterocycles. The van der Waals surface area contributed by atoms with Crippen molar-refractivity contribution in [3.05, 3.63) is 50.8 Å². The number of carbonyl (C=O) groups is 1. The first-order valence-corrected chi connectivity index (χ1v) is 8.58. The lowest BCUT2D eigenvalue weighted by molar-refractivity contribution is -0.116. The van der Waals surface area contributed by atoms with E-state index < -0.39 is 0 Å². The number of thiazole rings is 2. The van der Waals surface area contributed by atoms with Gasteiger partial charge in [0.2, 0.25) is 5.91 Å². The Hall–Kier alpha value is -2.32. The minimum atomic E-state index is -0.269. The summed E-state index contributed by atoms with van der Waals surface area (Å²) >= 11 is 2.46. The summed E-state index contributed by atoms with van der Waals surface area (Å²) in [5.41, 5.74) is 2.42. The third kappa shape index (κ3) is 3.38. The Morgan fingerprint density at radius 3 is 2.83 bits per heavy atom. The number of nitrogens with zero attached hydrogens (tertiary/aromatic N) is 3. The highest BCUT2D eigenvalue weighted by atomic mass is 32.1. The highest BCUT2D eigenvalue weighted by Crippen LogP contribution is 2.31. The predicted octanol–water partition coefficient (Wildman–Crippen LogP) is 2.68. The molecule has 3 aromatic rings. The van der Waals surface area contributed by atoms with Crippen molar-refractivity contribution in [1.82, 2.24) is 14.5 Å². The lowest BCUT2D eigenvalue weighted by Crippen LogP contribution is -2.25. The molecule has 0 atom stereocenters. The maximum atomic E-state index is 12.1. The van der Waals surface area contributed by atoms with Crippen LogP contribution in [-0.4, -0.2) is 20.4 Å². The zero-order valence-corrected chi connectivity index (χ0v) is 14.2. The summed E-state index contributed by atoms with van der Waals surface area (Å²) in [6, 6.07) is 5.66. The van der Waals surface area contributed by atoms with Crippen LogP contribution in [-0.2, 0) is 11.3 Å². The van der Waals surface area contributed by atoms with Crippen LogP contribution in [0.25, 0.3) is 10.6 Å². The maximum Gasteiger partial charge on any atom is 0.307 e. The number of rotatable bonds is 4. The van der Waals surface area contributed by atoms with Crippen molar-refractivity contribution < 1.29 is 4.79 Å². The monoisotopic (exact) mass is 346 g/mol. The molecule has 0 aliphatic carbocycles. The third-order valence-corrected chi connectivity index (χ3v) is 5.19. The van der Waals surface area contributed by atoms with Crippen LogP contribution in [0.5, 0.6) is 0 Å². The SMILES string of the molecule is Cc1nc(NC(=O)Cn2c(C)csc2=O)sc1-c1ccccn1. The first kappa shape index (κ1) is 15.6. The first-order chi connectivity index (χ1) is 11.0. The lowest BCUT2D eigenvalue weighted by Gasteiger charge is -2.03. The van der Waals surface area contributed by atoms with E-state index in [9.17, 15) is 9.59 Å². The molecule has 3 aromatic heterocycles. The van der Waals surface area contributed by atoms with Crippen molar-refractivity contribution in [3.8, 4) is 10.6 Å². The van der Waals surface area contributed by atoms with Gasteiger partial charge in [0.1, 0.15) is 6.54 Å². The van der Waals surface area contributed by atoms with Crippen LogP contribution in [0, 0.1) is 13.8 Å². The van der Waals surface area contributed by atoms with E-state index in [2.05, 4.69) is 15.3 Å². The van der Waals surface area contributed by atoms with Crippen LogP contribution in [0.1, 0.15) is 11.4 Å². The molecule has 0 unspecified atom stereocenters. The Morgan fingerprint density at radius 1 is 1.35 bits per heavy atom. The van der Waals surface area contributed by atoms with E-state index in [4.69, 9.17) is 0 Å². The highest BCUT2D eigenvalue weighted by Gasteiger charge is 2.14. The number of anilines is 1. The average molecular weight is 346 g/mol. The summed E-state index contributed by atoms with van der Waals surface area (Å²) < 4.78 is 1.44. The average Bonchev–Trinajstić information content (AvgIpc) is 3.05. The molecule has 118 valence electrons. The standard InChI is InChI=1S/C15H14N4O2S2/c1-9-8-22-15(21)19(9)7-12(20)18-14-17-10(2)13(23-14)11-5-3-4-6-16-11/h3-6,8H,7H2,1-2H3,(H,17,18,20). The quantitative estimate of drug-likeness (QED) is 0.788. The Bertz CT molecular complexity index is 896. The molecule has 0 aliphatic heterocycles. The fourth-order valence-corrected chi connectivity index (χ4v) is 3.78. The number of amides is 1. The molecule has 0 saturated heterocycles. The molecule has 0 spiro atoms. The second kappa shape index (κ2) is 6.43.